The number of para-hydroxylation sites is 1. The zero-order chi connectivity index (χ0) is 18.5. The Labute approximate surface area is 159 Å². The van der Waals surface area contributed by atoms with Crippen molar-refractivity contribution in [2.45, 2.75) is 25.6 Å². The molecule has 27 heavy (non-hydrogen) atoms. The van der Waals surface area contributed by atoms with Crippen LogP contribution in [0.25, 0.3) is 11.0 Å². The summed E-state index contributed by atoms with van der Waals surface area (Å²) in [5, 5.41) is 8.72. The summed E-state index contributed by atoms with van der Waals surface area (Å²) < 4.78 is 13.6. The maximum Gasteiger partial charge on any atom is 0.154 e. The fraction of sp³-hybridized carbons (Fsp3) is 0.429. The van der Waals surface area contributed by atoms with E-state index in [0.717, 1.165) is 43.8 Å². The second-order valence-electron chi connectivity index (χ2n) is 6.74. The largest absolute Gasteiger partial charge is 0.379 e. The van der Waals surface area contributed by atoms with Gasteiger partial charge in [0.15, 0.2) is 6.23 Å². The molecule has 142 valence electrons. The van der Waals surface area contributed by atoms with E-state index in [4.69, 9.17) is 9.47 Å². The van der Waals surface area contributed by atoms with Gasteiger partial charge in [-0.05, 0) is 24.6 Å². The molecule has 2 heterocycles. The minimum atomic E-state index is -0.171. The minimum absolute atomic E-state index is 0.171. The summed E-state index contributed by atoms with van der Waals surface area (Å²) in [6.07, 6.45) is 0.640. The molecule has 0 spiro atoms. The van der Waals surface area contributed by atoms with Crippen LogP contribution in [0.4, 0.5) is 0 Å². The first-order valence-corrected chi connectivity index (χ1v) is 9.65. The highest BCUT2D eigenvalue weighted by atomic mass is 16.5. The molecular formula is C21H26N4O2. The standard InChI is InChI=1S/C21H26N4O2/c1-2-27-21(25-19-11-7-6-10-18(19)22-23-25)16-20(17-8-4-3-5-9-17)24-12-14-26-15-13-24/h3-11,20-21H,2,12-16H2,1H3. The van der Waals surface area contributed by atoms with Crippen LogP contribution in [-0.4, -0.2) is 52.8 Å². The van der Waals surface area contributed by atoms with E-state index < -0.39 is 0 Å². The third-order valence-corrected chi connectivity index (χ3v) is 5.10. The van der Waals surface area contributed by atoms with Gasteiger partial charge in [0, 0.05) is 32.2 Å². The van der Waals surface area contributed by atoms with Crippen LogP contribution in [0.5, 0.6) is 0 Å². The number of morpholine rings is 1. The Kier molecular flexibility index (Phi) is 5.77. The molecule has 2 atom stereocenters. The second kappa shape index (κ2) is 8.61. The number of aromatic nitrogens is 3. The van der Waals surface area contributed by atoms with Crippen LogP contribution < -0.4 is 0 Å². The maximum atomic E-state index is 6.14. The zero-order valence-corrected chi connectivity index (χ0v) is 15.7. The molecule has 1 aliphatic heterocycles. The van der Waals surface area contributed by atoms with Gasteiger partial charge in [0.25, 0.3) is 0 Å². The highest BCUT2D eigenvalue weighted by molar-refractivity contribution is 5.73. The van der Waals surface area contributed by atoms with Gasteiger partial charge in [0.1, 0.15) is 5.52 Å². The first-order chi connectivity index (χ1) is 13.4. The normalized spacial score (nSPS) is 17.8. The van der Waals surface area contributed by atoms with Crippen molar-refractivity contribution in [2.24, 2.45) is 0 Å². The Balaban J connectivity index is 1.66. The number of hydrogen-bond acceptors (Lipinski definition) is 5. The number of hydrogen-bond donors (Lipinski definition) is 0. The molecular weight excluding hydrogens is 340 g/mol. The molecule has 6 nitrogen and oxygen atoms in total. The number of benzene rings is 2. The van der Waals surface area contributed by atoms with Gasteiger partial charge in [0.2, 0.25) is 0 Å². The summed E-state index contributed by atoms with van der Waals surface area (Å²) >= 11 is 0. The molecule has 0 radical (unpaired) electrons. The molecule has 4 rings (SSSR count). The van der Waals surface area contributed by atoms with Crippen LogP contribution in [0.1, 0.15) is 31.2 Å². The summed E-state index contributed by atoms with van der Waals surface area (Å²) in [4.78, 5) is 2.49. The van der Waals surface area contributed by atoms with Crippen molar-refractivity contribution in [3.8, 4) is 0 Å². The van der Waals surface area contributed by atoms with Gasteiger partial charge < -0.3 is 9.47 Å². The summed E-state index contributed by atoms with van der Waals surface area (Å²) in [6.45, 7) is 6.05. The van der Waals surface area contributed by atoms with Gasteiger partial charge in [-0.15, -0.1) is 5.10 Å². The molecule has 6 heteroatoms. The number of ether oxygens (including phenoxy) is 2. The molecule has 2 aromatic carbocycles. The van der Waals surface area contributed by atoms with E-state index in [1.54, 1.807) is 0 Å². The third-order valence-electron chi connectivity index (χ3n) is 5.10. The Hall–Kier alpha value is -2.28. The van der Waals surface area contributed by atoms with Crippen LogP contribution in [0.2, 0.25) is 0 Å². The quantitative estimate of drug-likeness (QED) is 0.641. The van der Waals surface area contributed by atoms with E-state index >= 15 is 0 Å². The topological polar surface area (TPSA) is 52.4 Å². The molecule has 2 unspecified atom stereocenters. The minimum Gasteiger partial charge on any atom is -0.379 e. The predicted octanol–water partition coefficient (Wildman–Crippen LogP) is 3.43. The summed E-state index contributed by atoms with van der Waals surface area (Å²) in [6, 6.07) is 18.9. The van der Waals surface area contributed by atoms with Crippen molar-refractivity contribution in [1.82, 2.24) is 19.9 Å². The van der Waals surface area contributed by atoms with Crippen molar-refractivity contribution >= 4 is 11.0 Å². The lowest BCUT2D eigenvalue weighted by atomic mass is 10.0. The predicted molar refractivity (Wildman–Crippen MR) is 104 cm³/mol. The third kappa shape index (κ3) is 4.03. The second-order valence-corrected chi connectivity index (χ2v) is 6.74. The van der Waals surface area contributed by atoms with Crippen LogP contribution in [0, 0.1) is 0 Å². The Morgan fingerprint density at radius 1 is 1.04 bits per heavy atom. The maximum absolute atomic E-state index is 6.14. The van der Waals surface area contributed by atoms with E-state index in [0.29, 0.717) is 6.61 Å². The highest BCUT2D eigenvalue weighted by Crippen LogP contribution is 2.32. The van der Waals surface area contributed by atoms with Gasteiger partial charge in [-0.2, -0.15) is 0 Å². The van der Waals surface area contributed by atoms with Crippen LogP contribution in [0.3, 0.4) is 0 Å². The van der Waals surface area contributed by atoms with Crippen molar-refractivity contribution < 1.29 is 9.47 Å². The van der Waals surface area contributed by atoms with E-state index in [2.05, 4.69) is 45.5 Å². The van der Waals surface area contributed by atoms with E-state index in [-0.39, 0.29) is 12.3 Å². The smallest absolute Gasteiger partial charge is 0.154 e. The van der Waals surface area contributed by atoms with E-state index in [1.165, 1.54) is 5.56 Å². The molecule has 0 bridgehead atoms. The molecule has 0 saturated carbocycles. The molecule has 0 N–H and O–H groups in total. The highest BCUT2D eigenvalue weighted by Gasteiger charge is 2.28. The average Bonchev–Trinajstić information content (AvgIpc) is 3.16. The van der Waals surface area contributed by atoms with Gasteiger partial charge in [-0.1, -0.05) is 47.7 Å². The Morgan fingerprint density at radius 2 is 1.78 bits per heavy atom. The molecule has 3 aromatic rings. The van der Waals surface area contributed by atoms with Gasteiger partial charge in [-0.3, -0.25) is 4.90 Å². The van der Waals surface area contributed by atoms with Crippen LogP contribution in [-0.2, 0) is 9.47 Å². The van der Waals surface area contributed by atoms with Gasteiger partial charge >= 0.3 is 0 Å². The molecule has 1 saturated heterocycles. The lowest BCUT2D eigenvalue weighted by molar-refractivity contribution is -0.0404. The first-order valence-electron chi connectivity index (χ1n) is 9.65. The van der Waals surface area contributed by atoms with E-state index in [1.807, 2.05) is 35.9 Å². The van der Waals surface area contributed by atoms with Crippen molar-refractivity contribution in [2.75, 3.05) is 32.9 Å². The van der Waals surface area contributed by atoms with Gasteiger partial charge in [-0.25, -0.2) is 4.68 Å². The monoisotopic (exact) mass is 366 g/mol. The summed E-state index contributed by atoms with van der Waals surface area (Å²) in [5.41, 5.74) is 3.20. The SMILES string of the molecule is CCOC(CC(c1ccccc1)N1CCOCC1)n1nnc2ccccc21. The van der Waals surface area contributed by atoms with Crippen molar-refractivity contribution in [3.05, 3.63) is 60.2 Å². The zero-order valence-electron chi connectivity index (χ0n) is 15.7. The lowest BCUT2D eigenvalue weighted by Crippen LogP contribution is -2.40. The number of nitrogens with zero attached hydrogens (tertiary/aromatic N) is 4. The van der Waals surface area contributed by atoms with Crippen LogP contribution in [0.15, 0.2) is 54.6 Å². The fourth-order valence-corrected chi connectivity index (χ4v) is 3.78. The molecule has 1 aromatic heterocycles. The summed E-state index contributed by atoms with van der Waals surface area (Å²) in [7, 11) is 0. The van der Waals surface area contributed by atoms with Crippen molar-refractivity contribution in [3.63, 3.8) is 0 Å². The first kappa shape index (κ1) is 18.1. The molecule has 1 fully saturated rings. The van der Waals surface area contributed by atoms with Gasteiger partial charge in [0.05, 0.1) is 18.7 Å². The summed E-state index contributed by atoms with van der Waals surface area (Å²) in [5.74, 6) is 0. The van der Waals surface area contributed by atoms with Crippen LogP contribution >= 0.6 is 0 Å². The lowest BCUT2D eigenvalue weighted by Gasteiger charge is -2.36. The fourth-order valence-electron chi connectivity index (χ4n) is 3.78. The van der Waals surface area contributed by atoms with Crippen molar-refractivity contribution in [1.29, 1.82) is 0 Å². The Morgan fingerprint density at radius 3 is 2.56 bits per heavy atom. The Bertz CT molecular complexity index is 846. The number of fused-ring (bicyclic) bond motifs is 1. The molecule has 1 aliphatic rings. The van der Waals surface area contributed by atoms with E-state index in [9.17, 15) is 0 Å². The molecule has 0 aliphatic carbocycles. The number of rotatable bonds is 7. The molecule has 0 amide bonds. The average molecular weight is 366 g/mol.